The van der Waals surface area contributed by atoms with E-state index in [1.54, 1.807) is 12.1 Å². The lowest BCUT2D eigenvalue weighted by atomic mass is 9.81. The van der Waals surface area contributed by atoms with Crippen LogP contribution in [0.4, 0.5) is 0 Å². The Hall–Kier alpha value is -0.910. The molecule has 1 aliphatic carbocycles. The lowest BCUT2D eigenvalue weighted by Crippen LogP contribution is -2.40. The van der Waals surface area contributed by atoms with Crippen molar-refractivity contribution in [3.05, 3.63) is 29.8 Å². The molecule has 19 heavy (non-hydrogen) atoms. The molecule has 4 nitrogen and oxygen atoms in total. The van der Waals surface area contributed by atoms with Crippen molar-refractivity contribution in [2.45, 2.75) is 43.7 Å². The Bertz CT molecular complexity index is 507. The fraction of sp³-hybridized carbons (Fsp3) is 0.571. The number of nitrogens with one attached hydrogen (secondary N) is 2. The first-order valence-electron chi connectivity index (χ1n) is 6.79. The first kappa shape index (κ1) is 14.5. The van der Waals surface area contributed by atoms with E-state index in [1.807, 2.05) is 26.1 Å². The third-order valence-electron chi connectivity index (χ3n) is 3.81. The number of hydrogen-bond acceptors (Lipinski definition) is 3. The Balaban J connectivity index is 2.05. The van der Waals surface area contributed by atoms with Gasteiger partial charge in [-0.15, -0.1) is 0 Å². The fourth-order valence-electron chi connectivity index (χ4n) is 2.34. The van der Waals surface area contributed by atoms with Gasteiger partial charge in [0.05, 0.1) is 4.90 Å². The third-order valence-corrected chi connectivity index (χ3v) is 5.39. The molecule has 1 aromatic carbocycles. The van der Waals surface area contributed by atoms with E-state index in [-0.39, 0.29) is 6.04 Å². The van der Waals surface area contributed by atoms with Gasteiger partial charge in [0.2, 0.25) is 10.0 Å². The predicted octanol–water partition coefficient (Wildman–Crippen LogP) is 1.87. The Morgan fingerprint density at radius 1 is 1.26 bits per heavy atom. The monoisotopic (exact) mass is 282 g/mol. The normalized spacial score (nSPS) is 18.0. The summed E-state index contributed by atoms with van der Waals surface area (Å²) in [5, 5.41) is 3.04. The second-order valence-electron chi connectivity index (χ2n) is 5.28. The maximum absolute atomic E-state index is 12.2. The minimum atomic E-state index is -3.38. The lowest BCUT2D eigenvalue weighted by Gasteiger charge is -2.31. The van der Waals surface area contributed by atoms with Crippen LogP contribution in [0.25, 0.3) is 0 Å². The van der Waals surface area contributed by atoms with E-state index in [0.29, 0.717) is 10.8 Å². The third kappa shape index (κ3) is 3.55. The molecule has 0 aliphatic heterocycles. The van der Waals surface area contributed by atoms with Gasteiger partial charge in [-0.2, -0.15) is 0 Å². The van der Waals surface area contributed by atoms with Gasteiger partial charge in [-0.1, -0.05) is 18.6 Å². The fourth-order valence-corrected chi connectivity index (χ4v) is 3.65. The minimum Gasteiger partial charge on any atom is -0.316 e. The van der Waals surface area contributed by atoms with Gasteiger partial charge in [0.1, 0.15) is 0 Å². The number of rotatable bonds is 6. The molecule has 2 N–H and O–H groups in total. The molecular weight excluding hydrogens is 260 g/mol. The highest BCUT2D eigenvalue weighted by Gasteiger charge is 2.27. The summed E-state index contributed by atoms with van der Waals surface area (Å²) in [4.78, 5) is 0.346. The molecule has 1 unspecified atom stereocenters. The van der Waals surface area contributed by atoms with Crippen molar-refractivity contribution < 1.29 is 8.42 Å². The molecule has 0 saturated heterocycles. The van der Waals surface area contributed by atoms with Crippen molar-refractivity contribution in [2.24, 2.45) is 5.92 Å². The van der Waals surface area contributed by atoms with Crippen LogP contribution in [0.2, 0.25) is 0 Å². The van der Waals surface area contributed by atoms with Crippen molar-refractivity contribution in [3.63, 3.8) is 0 Å². The van der Waals surface area contributed by atoms with Crippen LogP contribution in [-0.2, 0) is 16.6 Å². The molecule has 1 atom stereocenters. The van der Waals surface area contributed by atoms with Crippen molar-refractivity contribution in [1.82, 2.24) is 10.0 Å². The molecule has 1 saturated carbocycles. The van der Waals surface area contributed by atoms with Gasteiger partial charge in [0.15, 0.2) is 0 Å². The minimum absolute atomic E-state index is 0.0238. The van der Waals surface area contributed by atoms with Crippen molar-refractivity contribution in [2.75, 3.05) is 7.05 Å². The summed E-state index contributed by atoms with van der Waals surface area (Å²) >= 11 is 0. The molecule has 0 amide bonds. The second kappa shape index (κ2) is 6.03. The van der Waals surface area contributed by atoms with Crippen molar-refractivity contribution in [3.8, 4) is 0 Å². The van der Waals surface area contributed by atoms with Crippen LogP contribution in [0.3, 0.4) is 0 Å². The van der Waals surface area contributed by atoms with E-state index in [4.69, 9.17) is 0 Å². The highest BCUT2D eigenvalue weighted by Crippen LogP contribution is 2.30. The van der Waals surface area contributed by atoms with Gasteiger partial charge in [0.25, 0.3) is 0 Å². The number of benzene rings is 1. The van der Waals surface area contributed by atoms with Gasteiger partial charge in [-0.3, -0.25) is 0 Å². The van der Waals surface area contributed by atoms with Gasteiger partial charge in [-0.25, -0.2) is 13.1 Å². The number of hydrogen-bond donors (Lipinski definition) is 2. The zero-order valence-corrected chi connectivity index (χ0v) is 12.3. The topological polar surface area (TPSA) is 58.2 Å². The summed E-state index contributed by atoms with van der Waals surface area (Å²) in [7, 11) is -1.52. The maximum atomic E-state index is 12.2. The zero-order valence-electron chi connectivity index (χ0n) is 11.5. The molecule has 0 spiro atoms. The van der Waals surface area contributed by atoms with Crippen LogP contribution < -0.4 is 10.0 Å². The van der Waals surface area contributed by atoms with E-state index in [0.717, 1.165) is 24.9 Å². The summed E-state index contributed by atoms with van der Waals surface area (Å²) in [5.41, 5.74) is 1.08. The Labute approximate surface area is 115 Å². The van der Waals surface area contributed by atoms with Crippen molar-refractivity contribution in [1.29, 1.82) is 0 Å². The Morgan fingerprint density at radius 3 is 2.37 bits per heavy atom. The maximum Gasteiger partial charge on any atom is 0.240 e. The van der Waals surface area contributed by atoms with Gasteiger partial charge in [-0.05, 0) is 50.4 Å². The quantitative estimate of drug-likeness (QED) is 0.837. The highest BCUT2D eigenvalue weighted by molar-refractivity contribution is 7.89. The summed E-state index contributed by atoms with van der Waals surface area (Å²) < 4.78 is 27.2. The van der Waals surface area contributed by atoms with Crippen LogP contribution in [0.1, 0.15) is 31.7 Å². The summed E-state index contributed by atoms with van der Waals surface area (Å²) in [6.07, 6.45) is 3.48. The molecule has 0 aromatic heterocycles. The Kier molecular flexibility index (Phi) is 4.60. The van der Waals surface area contributed by atoms with Gasteiger partial charge in [0, 0.05) is 12.6 Å². The smallest absolute Gasteiger partial charge is 0.240 e. The first-order valence-corrected chi connectivity index (χ1v) is 8.27. The highest BCUT2D eigenvalue weighted by atomic mass is 32.2. The van der Waals surface area contributed by atoms with Crippen LogP contribution in [0, 0.1) is 5.92 Å². The molecule has 0 radical (unpaired) electrons. The SMILES string of the molecule is CNCc1ccc(S(=O)(=O)NC(C)C2CCC2)cc1. The summed E-state index contributed by atoms with van der Waals surface area (Å²) in [6.45, 7) is 2.70. The molecule has 0 heterocycles. The Morgan fingerprint density at radius 2 is 1.89 bits per heavy atom. The molecule has 1 aliphatic rings. The van der Waals surface area contributed by atoms with Crippen LogP contribution in [0.15, 0.2) is 29.2 Å². The molecule has 1 aromatic rings. The van der Waals surface area contributed by atoms with Gasteiger partial charge < -0.3 is 5.32 Å². The van der Waals surface area contributed by atoms with E-state index >= 15 is 0 Å². The van der Waals surface area contributed by atoms with E-state index in [9.17, 15) is 8.42 Å². The molecule has 0 bridgehead atoms. The van der Waals surface area contributed by atoms with Gasteiger partial charge >= 0.3 is 0 Å². The van der Waals surface area contributed by atoms with E-state index < -0.39 is 10.0 Å². The van der Waals surface area contributed by atoms with Crippen LogP contribution in [0.5, 0.6) is 0 Å². The average molecular weight is 282 g/mol. The predicted molar refractivity (Wildman–Crippen MR) is 76.3 cm³/mol. The first-order chi connectivity index (χ1) is 9.03. The van der Waals surface area contributed by atoms with Crippen LogP contribution in [-0.4, -0.2) is 21.5 Å². The van der Waals surface area contributed by atoms with Crippen LogP contribution >= 0.6 is 0 Å². The lowest BCUT2D eigenvalue weighted by molar-refractivity contribution is 0.260. The summed E-state index contributed by atoms with van der Waals surface area (Å²) in [6, 6.07) is 7.05. The number of sulfonamides is 1. The average Bonchev–Trinajstić information content (AvgIpc) is 2.27. The molecule has 1 fully saturated rings. The molecule has 5 heteroatoms. The zero-order chi connectivity index (χ0) is 13.9. The standard InChI is InChI=1S/C14H22N2O2S/c1-11(13-4-3-5-13)16-19(17,18)14-8-6-12(7-9-14)10-15-2/h6-9,11,13,15-16H,3-5,10H2,1-2H3. The van der Waals surface area contributed by atoms with E-state index in [1.165, 1.54) is 6.42 Å². The van der Waals surface area contributed by atoms with E-state index in [2.05, 4.69) is 10.0 Å². The second-order valence-corrected chi connectivity index (χ2v) is 6.99. The summed E-state index contributed by atoms with van der Waals surface area (Å²) in [5.74, 6) is 0.498. The molecular formula is C14H22N2O2S. The molecule has 106 valence electrons. The van der Waals surface area contributed by atoms with Crippen molar-refractivity contribution >= 4 is 10.0 Å². The molecule has 2 rings (SSSR count). The largest absolute Gasteiger partial charge is 0.316 e.